The maximum atomic E-state index is 13.2. The summed E-state index contributed by atoms with van der Waals surface area (Å²) < 4.78 is 88.8. The molecule has 5 rings (SSSR count). The van der Waals surface area contributed by atoms with E-state index in [1.54, 1.807) is 13.8 Å². The van der Waals surface area contributed by atoms with Crippen LogP contribution in [0.2, 0.25) is 0 Å². The molecule has 346 valence electrons. The lowest BCUT2D eigenvalue weighted by atomic mass is 10.2. The quantitative estimate of drug-likeness (QED) is 0.0623. The Bertz CT molecular complexity index is 2400. The number of aromatic carboxylic acids is 1. The third-order valence-electron chi connectivity index (χ3n) is 6.56. The van der Waals surface area contributed by atoms with Crippen LogP contribution >= 0.6 is 28.1 Å². The Hall–Kier alpha value is -7.04. The molecule has 0 fully saturated rings. The molecule has 2 atom stereocenters. The topological polar surface area (TPSA) is 298 Å². The highest BCUT2D eigenvalue weighted by Gasteiger charge is 2.26. The van der Waals surface area contributed by atoms with Gasteiger partial charge in [0.15, 0.2) is 45.4 Å². The van der Waals surface area contributed by atoms with Gasteiger partial charge in [-0.3, -0.25) is 19.7 Å². The van der Waals surface area contributed by atoms with Crippen LogP contribution < -0.4 is 10.9 Å². The number of rotatable bonds is 6. The number of nitrogens with zero attached hydrogens (tertiary/aromatic N) is 8. The number of aryl methyl sites for hydroxylation is 3. The molecule has 0 saturated heterocycles. The number of amides is 1. The molecular weight excluding hydrogens is 962 g/mol. The lowest BCUT2D eigenvalue weighted by Gasteiger charge is -2.13. The highest BCUT2D eigenvalue weighted by atomic mass is 79.9. The second-order valence-electron chi connectivity index (χ2n) is 11.1. The van der Waals surface area contributed by atoms with Crippen molar-refractivity contribution in [1.82, 2.24) is 45.2 Å². The van der Waals surface area contributed by atoms with Crippen LogP contribution in [0.3, 0.4) is 0 Å². The van der Waals surface area contributed by atoms with Crippen LogP contribution in [-0.4, -0.2) is 125 Å². The maximum Gasteiger partial charge on any atom is 0.359 e. The number of hydrogen-bond donors (Lipinski definition) is 3. The third kappa shape index (κ3) is 18.9. The number of esters is 3. The van der Waals surface area contributed by atoms with Crippen molar-refractivity contribution in [3.8, 4) is 0 Å². The van der Waals surface area contributed by atoms with Gasteiger partial charge in [0.2, 0.25) is 12.0 Å². The number of aromatic amines is 1. The maximum absolute atomic E-state index is 13.2. The molecule has 0 aliphatic carbocycles. The molecule has 2 unspecified atom stereocenters. The fourth-order valence-corrected chi connectivity index (χ4v) is 3.96. The first-order chi connectivity index (χ1) is 29.9. The number of carbonyl (C=O) groups excluding carboxylic acids is 5. The number of nitrogens with one attached hydrogen (secondary N) is 2. The minimum absolute atomic E-state index is 0.0383. The van der Waals surface area contributed by atoms with E-state index in [0.717, 1.165) is 26.7 Å². The van der Waals surface area contributed by atoms with Crippen molar-refractivity contribution < 1.29 is 74.4 Å². The van der Waals surface area contributed by atoms with Crippen molar-refractivity contribution in [2.45, 2.75) is 53.9 Å². The van der Waals surface area contributed by atoms with Crippen LogP contribution in [0.15, 0.2) is 39.7 Å². The van der Waals surface area contributed by atoms with Crippen molar-refractivity contribution in [3.05, 3.63) is 97.7 Å². The molecule has 1 amide bonds. The number of ether oxygens (including phenoxy) is 3. The van der Waals surface area contributed by atoms with E-state index in [1.807, 2.05) is 0 Å². The van der Waals surface area contributed by atoms with Gasteiger partial charge in [-0.15, -0.1) is 0 Å². The molecule has 0 aromatic carbocycles. The van der Waals surface area contributed by atoms with Crippen LogP contribution in [0.1, 0.15) is 69.3 Å². The second kappa shape index (κ2) is 28.5. The number of alkyl halides is 2. The fourth-order valence-electron chi connectivity index (χ4n) is 3.34. The Morgan fingerprint density at radius 2 is 1.25 bits per heavy atom. The normalized spacial score (nSPS) is 12.5. The van der Waals surface area contributed by atoms with Gasteiger partial charge in [-0.05, 0) is 69.7 Å². The van der Waals surface area contributed by atoms with Gasteiger partial charge in [-0.25, -0.2) is 81.0 Å². The molecule has 0 bridgehead atoms. The zero-order valence-corrected chi connectivity index (χ0v) is 36.7. The van der Waals surface area contributed by atoms with Gasteiger partial charge in [0.25, 0.3) is 17.6 Å². The monoisotopic (exact) mass is 996 g/mol. The number of aliphatic imine (C=N–C) groups is 1. The van der Waals surface area contributed by atoms with E-state index in [4.69, 9.17) is 5.11 Å². The molecular formula is C35H35BrF6N10O11S. The van der Waals surface area contributed by atoms with Gasteiger partial charge < -0.3 is 24.3 Å². The molecule has 3 N–H and O–H groups in total. The van der Waals surface area contributed by atoms with Gasteiger partial charge in [0, 0.05) is 0 Å². The first-order valence-electron chi connectivity index (χ1n) is 16.9. The summed E-state index contributed by atoms with van der Waals surface area (Å²) in [4.78, 5) is 103. The predicted molar refractivity (Wildman–Crippen MR) is 213 cm³/mol. The summed E-state index contributed by atoms with van der Waals surface area (Å²) in [7, 11) is 2.20. The smallest absolute Gasteiger partial charge is 0.359 e. The van der Waals surface area contributed by atoms with E-state index in [0.29, 0.717) is 5.69 Å². The van der Waals surface area contributed by atoms with Crippen molar-refractivity contribution >= 4 is 74.5 Å². The summed E-state index contributed by atoms with van der Waals surface area (Å²) in [6.07, 6.45) is 0.624. The Balaban J connectivity index is 0.000000750. The number of methoxy groups -OCH3 is 2. The van der Waals surface area contributed by atoms with E-state index in [-0.39, 0.29) is 39.1 Å². The summed E-state index contributed by atoms with van der Waals surface area (Å²) in [5, 5.41) is 10.6. The number of ketones is 1. The van der Waals surface area contributed by atoms with Crippen LogP contribution in [0, 0.1) is 44.0 Å². The molecule has 1 aliphatic heterocycles. The van der Waals surface area contributed by atoms with E-state index in [1.165, 1.54) is 40.5 Å². The summed E-state index contributed by atoms with van der Waals surface area (Å²) in [6.45, 7) is 8.53. The third-order valence-corrected chi connectivity index (χ3v) is 7.31. The zero-order chi connectivity index (χ0) is 49.4. The summed E-state index contributed by atoms with van der Waals surface area (Å²) in [5.41, 5.74) is -1.87. The first-order valence-corrected chi connectivity index (χ1v) is 18.1. The molecule has 0 spiro atoms. The van der Waals surface area contributed by atoms with E-state index in [9.17, 15) is 59.9 Å². The predicted octanol–water partition coefficient (Wildman–Crippen LogP) is 3.39. The van der Waals surface area contributed by atoms with Crippen molar-refractivity contribution in [2.75, 3.05) is 20.8 Å². The SMILES string of the molecule is CC1=NC(=S)NC(=O)C1F.CCOC(=O)C(F)C(C)=O.COC(=O)c1ncnc(C(=O)O)c1F.COC(=O)c1ncnc(C)c1F.Cc1nc[nH]c(=O)c1F.Cc1ncnc(Br)c1F. The van der Waals surface area contributed by atoms with Crippen LogP contribution in [0.4, 0.5) is 26.3 Å². The number of thiocarbonyl (C=S) groups is 1. The minimum atomic E-state index is -2.11. The number of halogens is 7. The van der Waals surface area contributed by atoms with E-state index >= 15 is 0 Å². The first kappa shape index (κ1) is 57.0. The van der Waals surface area contributed by atoms with E-state index in [2.05, 4.69) is 92.5 Å². The average Bonchev–Trinajstić information content (AvgIpc) is 3.25. The minimum Gasteiger partial charge on any atom is -0.476 e. The summed E-state index contributed by atoms with van der Waals surface area (Å²) >= 11 is 7.45. The van der Waals surface area contributed by atoms with Crippen molar-refractivity contribution in [1.29, 1.82) is 0 Å². The fraction of sp³-hybridized carbons (Fsp3) is 0.314. The van der Waals surface area contributed by atoms with Gasteiger partial charge >= 0.3 is 23.9 Å². The van der Waals surface area contributed by atoms with Gasteiger partial charge in [0.1, 0.15) is 23.6 Å². The van der Waals surface area contributed by atoms with Gasteiger partial charge in [0.05, 0.1) is 49.9 Å². The van der Waals surface area contributed by atoms with Gasteiger partial charge in [-0.2, -0.15) is 4.39 Å². The molecule has 4 aromatic rings. The number of carboxylic acids is 1. The Morgan fingerprint density at radius 1 is 0.781 bits per heavy atom. The van der Waals surface area contributed by atoms with Gasteiger partial charge in [-0.1, -0.05) is 0 Å². The molecule has 64 heavy (non-hydrogen) atoms. The second-order valence-corrected chi connectivity index (χ2v) is 12.3. The van der Waals surface area contributed by atoms with E-state index < -0.39 is 88.1 Å². The standard InChI is InChI=1S/C7H5FN2O4.C7H7FN2O2.C6H9FO3.C5H4BrFN2.C5H5FN2OS.C5H5FN2O/c1-14-7(13)5-3(8)4(6(11)12)9-2-10-5;1-4-5(8)6(7(11)12-2)10-3-9-4;1-3-10-6(9)5(7)4(2)8;1-3-4(7)5(6)9-2-8-3;1-2-3(6)4(9)8-5(10)7-2;1-3-4(6)5(9)8-2-7-3/h2H,1H3,(H,11,12);3H,1-2H3;5H,3H2,1-2H3;2H,1H3;3H,1H3,(H,8,9,10);2H,1H3,(H,7,8,9). The summed E-state index contributed by atoms with van der Waals surface area (Å²) in [5.74, 6) is -9.29. The highest BCUT2D eigenvalue weighted by Crippen LogP contribution is 2.12. The molecule has 29 heteroatoms. The van der Waals surface area contributed by atoms with Crippen LogP contribution in [0.25, 0.3) is 0 Å². The van der Waals surface area contributed by atoms with Crippen LogP contribution in [-0.2, 0) is 28.6 Å². The molecule has 0 saturated carbocycles. The van der Waals surface area contributed by atoms with Crippen LogP contribution in [0.5, 0.6) is 0 Å². The molecule has 5 heterocycles. The van der Waals surface area contributed by atoms with Crippen molar-refractivity contribution in [2.24, 2.45) is 4.99 Å². The Morgan fingerprint density at radius 3 is 1.67 bits per heavy atom. The highest BCUT2D eigenvalue weighted by molar-refractivity contribution is 9.10. The number of H-pyrrole nitrogens is 1. The number of carbonyl (C=O) groups is 6. The average molecular weight is 998 g/mol. The van der Waals surface area contributed by atoms with Crippen molar-refractivity contribution in [3.63, 3.8) is 0 Å². The number of carboxylic acid groups (broad SMARTS) is 1. The largest absolute Gasteiger partial charge is 0.476 e. The Labute approximate surface area is 370 Å². The number of hydrogen-bond acceptors (Lipinski definition) is 18. The lowest BCUT2D eigenvalue weighted by Crippen LogP contribution is -2.43. The molecule has 1 aliphatic rings. The number of Topliss-reactive ketones (excluding diaryl/α,β-unsaturated/α-hetero) is 1. The summed E-state index contributed by atoms with van der Waals surface area (Å²) in [6, 6.07) is 0. The Kier molecular flexibility index (Phi) is 25.4. The molecule has 0 radical (unpaired) electrons. The number of aromatic nitrogens is 8. The molecule has 4 aromatic heterocycles. The lowest BCUT2D eigenvalue weighted by molar-refractivity contribution is -0.152. The zero-order valence-electron chi connectivity index (χ0n) is 34.3. The molecule has 21 nitrogen and oxygen atoms in total.